The van der Waals surface area contributed by atoms with Gasteiger partial charge in [-0.05, 0) is 44.4 Å². The summed E-state index contributed by atoms with van der Waals surface area (Å²) in [7, 11) is 2.07. The summed E-state index contributed by atoms with van der Waals surface area (Å²) in [6.45, 7) is 5.59. The summed E-state index contributed by atoms with van der Waals surface area (Å²) in [6.07, 6.45) is 4.42. The number of carbonyl (C=O) groups is 2. The van der Waals surface area contributed by atoms with E-state index in [0.29, 0.717) is 5.56 Å². The second-order valence-corrected chi connectivity index (χ2v) is 9.19. The van der Waals surface area contributed by atoms with Gasteiger partial charge in [-0.2, -0.15) is 0 Å². The van der Waals surface area contributed by atoms with Gasteiger partial charge >= 0.3 is 0 Å². The number of para-hydroxylation sites is 1. The molecule has 2 unspecified atom stereocenters. The number of carbonyl (C=O) groups excluding carboxylic acids is 2. The summed E-state index contributed by atoms with van der Waals surface area (Å²) in [5.74, 6) is 0.0181. The van der Waals surface area contributed by atoms with Crippen LogP contribution in [0, 0.1) is 6.92 Å². The van der Waals surface area contributed by atoms with Crippen LogP contribution in [0.5, 0.6) is 0 Å². The monoisotopic (exact) mass is 429 g/mol. The standard InChI is InChI=1S/C27H31N3O2/c1-18-24(22-14-8-9-15-23(22)28(18)3)25-20-12-6-7-13-21(20)27(32)30(25)19(2)26(31)29-16-10-4-5-11-17-29/h6-9,12-15,19,25H,4-5,10-11,16-17H2,1-3H3. The Labute approximate surface area is 189 Å². The van der Waals surface area contributed by atoms with Crippen LogP contribution >= 0.6 is 0 Å². The van der Waals surface area contributed by atoms with Gasteiger partial charge in [-0.25, -0.2) is 0 Å². The molecule has 5 nitrogen and oxygen atoms in total. The third-order valence-electron chi connectivity index (χ3n) is 7.41. The van der Waals surface area contributed by atoms with E-state index in [2.05, 4.69) is 30.7 Å². The average molecular weight is 430 g/mol. The van der Waals surface area contributed by atoms with Crippen molar-refractivity contribution in [1.82, 2.24) is 14.4 Å². The van der Waals surface area contributed by atoms with Crippen LogP contribution in [0.15, 0.2) is 48.5 Å². The first kappa shape index (κ1) is 20.8. The normalized spacial score (nSPS) is 19.8. The van der Waals surface area contributed by atoms with E-state index in [4.69, 9.17) is 0 Å². The van der Waals surface area contributed by atoms with Crippen LogP contribution in [0.1, 0.15) is 65.8 Å². The fraction of sp³-hybridized carbons (Fsp3) is 0.407. The largest absolute Gasteiger partial charge is 0.348 e. The number of hydrogen-bond acceptors (Lipinski definition) is 2. The van der Waals surface area contributed by atoms with Crippen LogP contribution in [0.25, 0.3) is 10.9 Å². The second kappa shape index (κ2) is 8.12. The molecule has 2 atom stereocenters. The van der Waals surface area contributed by atoms with Crippen LogP contribution < -0.4 is 0 Å². The van der Waals surface area contributed by atoms with E-state index in [-0.39, 0.29) is 17.9 Å². The molecule has 32 heavy (non-hydrogen) atoms. The van der Waals surface area contributed by atoms with Crippen molar-refractivity contribution >= 4 is 22.7 Å². The molecule has 166 valence electrons. The van der Waals surface area contributed by atoms with Gasteiger partial charge in [-0.1, -0.05) is 49.2 Å². The molecule has 0 bridgehead atoms. The molecule has 1 saturated heterocycles. The minimum Gasteiger partial charge on any atom is -0.348 e. The Kier molecular flexibility index (Phi) is 5.28. The zero-order chi connectivity index (χ0) is 22.4. The van der Waals surface area contributed by atoms with Crippen molar-refractivity contribution in [3.05, 3.63) is 70.9 Å². The van der Waals surface area contributed by atoms with E-state index in [0.717, 1.165) is 53.7 Å². The molecule has 0 saturated carbocycles. The third kappa shape index (κ3) is 3.14. The maximum absolute atomic E-state index is 13.7. The molecular formula is C27H31N3O2. The number of rotatable bonds is 3. The van der Waals surface area contributed by atoms with Crippen LogP contribution in [0.3, 0.4) is 0 Å². The highest BCUT2D eigenvalue weighted by atomic mass is 16.2. The van der Waals surface area contributed by atoms with E-state index >= 15 is 0 Å². The summed E-state index contributed by atoms with van der Waals surface area (Å²) >= 11 is 0. The molecule has 0 N–H and O–H groups in total. The molecule has 2 aliphatic rings. The summed E-state index contributed by atoms with van der Waals surface area (Å²) in [6, 6.07) is 15.4. The molecule has 2 aromatic carbocycles. The van der Waals surface area contributed by atoms with Crippen LogP contribution in [0.2, 0.25) is 0 Å². The summed E-state index contributed by atoms with van der Waals surface area (Å²) < 4.78 is 2.19. The Morgan fingerprint density at radius 3 is 2.38 bits per heavy atom. The molecule has 3 aromatic rings. The smallest absolute Gasteiger partial charge is 0.255 e. The predicted octanol–water partition coefficient (Wildman–Crippen LogP) is 4.82. The molecule has 1 fully saturated rings. The average Bonchev–Trinajstić information content (AvgIpc) is 3.07. The Balaban J connectivity index is 1.63. The maximum Gasteiger partial charge on any atom is 0.255 e. The van der Waals surface area contributed by atoms with E-state index in [9.17, 15) is 9.59 Å². The number of hydrogen-bond donors (Lipinski definition) is 0. The van der Waals surface area contributed by atoms with Crippen molar-refractivity contribution in [2.24, 2.45) is 7.05 Å². The quantitative estimate of drug-likeness (QED) is 0.599. The number of amides is 2. The van der Waals surface area contributed by atoms with Gasteiger partial charge in [0.15, 0.2) is 0 Å². The van der Waals surface area contributed by atoms with Gasteiger partial charge in [0.2, 0.25) is 5.91 Å². The summed E-state index contributed by atoms with van der Waals surface area (Å²) in [5, 5.41) is 1.14. The minimum absolute atomic E-state index is 0.0476. The molecule has 3 heterocycles. The summed E-state index contributed by atoms with van der Waals surface area (Å²) in [4.78, 5) is 31.1. The van der Waals surface area contributed by atoms with Crippen molar-refractivity contribution in [1.29, 1.82) is 0 Å². The number of benzene rings is 2. The first-order valence-corrected chi connectivity index (χ1v) is 11.7. The first-order chi connectivity index (χ1) is 15.5. The van der Waals surface area contributed by atoms with Crippen molar-refractivity contribution in [3.63, 3.8) is 0 Å². The second-order valence-electron chi connectivity index (χ2n) is 9.19. The zero-order valence-electron chi connectivity index (χ0n) is 19.2. The highest BCUT2D eigenvalue weighted by Crippen LogP contribution is 2.44. The van der Waals surface area contributed by atoms with Gasteiger partial charge in [-0.15, -0.1) is 0 Å². The molecule has 0 spiro atoms. The van der Waals surface area contributed by atoms with Gasteiger partial charge in [-0.3, -0.25) is 9.59 Å². The van der Waals surface area contributed by atoms with E-state index in [1.54, 1.807) is 0 Å². The third-order valence-corrected chi connectivity index (χ3v) is 7.41. The molecule has 2 aliphatic heterocycles. The fourth-order valence-corrected chi connectivity index (χ4v) is 5.60. The fourth-order valence-electron chi connectivity index (χ4n) is 5.60. The van der Waals surface area contributed by atoms with Crippen molar-refractivity contribution in [2.75, 3.05) is 13.1 Å². The number of likely N-dealkylation sites (tertiary alicyclic amines) is 1. The number of aromatic nitrogens is 1. The lowest BCUT2D eigenvalue weighted by molar-refractivity contribution is -0.135. The SMILES string of the molecule is Cc1c(C2c3ccccc3C(=O)N2C(C)C(=O)N2CCCCCC2)c2ccccc2n1C. The van der Waals surface area contributed by atoms with E-state index < -0.39 is 6.04 Å². The molecule has 0 radical (unpaired) electrons. The first-order valence-electron chi connectivity index (χ1n) is 11.7. The van der Waals surface area contributed by atoms with Crippen LogP contribution in [-0.2, 0) is 11.8 Å². The Bertz CT molecular complexity index is 1190. The minimum atomic E-state index is -0.517. The van der Waals surface area contributed by atoms with Gasteiger partial charge < -0.3 is 14.4 Å². The van der Waals surface area contributed by atoms with Crippen LogP contribution in [0.4, 0.5) is 0 Å². The molecule has 1 aromatic heterocycles. The van der Waals surface area contributed by atoms with Gasteiger partial charge in [0.25, 0.3) is 5.91 Å². The topological polar surface area (TPSA) is 45.6 Å². The van der Waals surface area contributed by atoms with Gasteiger partial charge in [0, 0.05) is 47.9 Å². The van der Waals surface area contributed by atoms with Crippen LogP contribution in [-0.4, -0.2) is 45.3 Å². The number of aryl methyl sites for hydroxylation is 1. The summed E-state index contributed by atoms with van der Waals surface area (Å²) in [5.41, 5.74) is 5.09. The molecule has 5 heteroatoms. The number of fused-ring (bicyclic) bond motifs is 2. The van der Waals surface area contributed by atoms with Crippen molar-refractivity contribution < 1.29 is 9.59 Å². The number of nitrogens with zero attached hydrogens (tertiary/aromatic N) is 3. The lowest BCUT2D eigenvalue weighted by atomic mass is 9.95. The lowest BCUT2D eigenvalue weighted by Crippen LogP contribution is -2.49. The maximum atomic E-state index is 13.7. The highest BCUT2D eigenvalue weighted by molar-refractivity contribution is 6.03. The molecule has 2 amide bonds. The molecule has 0 aliphatic carbocycles. The Morgan fingerprint density at radius 1 is 0.969 bits per heavy atom. The highest BCUT2D eigenvalue weighted by Gasteiger charge is 2.44. The van der Waals surface area contributed by atoms with E-state index in [1.165, 1.54) is 12.8 Å². The Hall–Kier alpha value is -3.08. The van der Waals surface area contributed by atoms with Crippen molar-refractivity contribution in [2.45, 2.75) is 51.6 Å². The Morgan fingerprint density at radius 2 is 1.62 bits per heavy atom. The zero-order valence-corrected chi connectivity index (χ0v) is 19.2. The van der Waals surface area contributed by atoms with Gasteiger partial charge in [0.05, 0.1) is 6.04 Å². The molecular weight excluding hydrogens is 398 g/mol. The van der Waals surface area contributed by atoms with Gasteiger partial charge in [0.1, 0.15) is 6.04 Å². The van der Waals surface area contributed by atoms with E-state index in [1.807, 2.05) is 53.1 Å². The lowest BCUT2D eigenvalue weighted by Gasteiger charge is -2.34. The molecule has 5 rings (SSSR count). The van der Waals surface area contributed by atoms with Crippen molar-refractivity contribution in [3.8, 4) is 0 Å². The predicted molar refractivity (Wildman–Crippen MR) is 127 cm³/mol.